The zero-order chi connectivity index (χ0) is 12.7. The number of nitrogens with zero attached hydrogens (tertiary/aromatic N) is 1. The number of hydrazone groups is 1. The molecular weight excluding hydrogens is 298 g/mol. The number of rotatable bonds is 5. The molecule has 0 amide bonds. The first kappa shape index (κ1) is 14.1. The van der Waals surface area contributed by atoms with Crippen LogP contribution in [0.1, 0.15) is 31.7 Å². The molecule has 0 saturated heterocycles. The summed E-state index contributed by atoms with van der Waals surface area (Å²) in [5.41, 5.74) is 10.1. The normalized spacial score (nSPS) is 11.3. The van der Waals surface area contributed by atoms with E-state index in [1.54, 1.807) is 0 Å². The van der Waals surface area contributed by atoms with Crippen LogP contribution in [-0.2, 0) is 0 Å². The first-order valence-corrected chi connectivity index (χ1v) is 6.71. The van der Waals surface area contributed by atoms with Gasteiger partial charge in [0.05, 0.1) is 5.71 Å². The lowest BCUT2D eigenvalue weighted by atomic mass is 10.1. The molecule has 3 N–H and O–H groups in total. The van der Waals surface area contributed by atoms with Gasteiger partial charge in [0.2, 0.25) is 0 Å². The molecule has 1 aromatic carbocycles. The Morgan fingerprint density at radius 1 is 1.53 bits per heavy atom. The van der Waals surface area contributed by atoms with Gasteiger partial charge in [-0.15, -0.1) is 0 Å². The molecule has 5 heteroatoms. The van der Waals surface area contributed by atoms with E-state index in [1.807, 2.05) is 24.3 Å². The van der Waals surface area contributed by atoms with Crippen molar-refractivity contribution in [2.24, 2.45) is 10.8 Å². The van der Waals surface area contributed by atoms with E-state index < -0.39 is 0 Å². The molecular formula is C12H16BrN3S. The largest absolute Gasteiger partial charge is 0.375 e. The number of thiocarbonyl (C=S) groups is 1. The van der Waals surface area contributed by atoms with Crippen LogP contribution in [0.3, 0.4) is 0 Å². The van der Waals surface area contributed by atoms with E-state index in [1.165, 1.54) is 0 Å². The predicted molar refractivity (Wildman–Crippen MR) is 80.1 cm³/mol. The fourth-order valence-corrected chi connectivity index (χ4v) is 1.84. The average molecular weight is 314 g/mol. The quantitative estimate of drug-likeness (QED) is 0.498. The second-order valence-corrected chi connectivity index (χ2v) is 5.00. The second kappa shape index (κ2) is 7.40. The topological polar surface area (TPSA) is 50.4 Å². The highest BCUT2D eigenvalue weighted by molar-refractivity contribution is 9.10. The molecule has 0 fully saturated rings. The van der Waals surface area contributed by atoms with Crippen molar-refractivity contribution in [2.45, 2.75) is 26.2 Å². The fraction of sp³-hybridized carbons (Fsp3) is 0.333. The number of hydrogen-bond acceptors (Lipinski definition) is 2. The van der Waals surface area contributed by atoms with E-state index in [-0.39, 0.29) is 5.11 Å². The molecule has 1 aromatic rings. The Labute approximate surface area is 116 Å². The van der Waals surface area contributed by atoms with Crippen LogP contribution in [0, 0.1) is 0 Å². The minimum Gasteiger partial charge on any atom is -0.375 e. The molecule has 3 nitrogen and oxygen atoms in total. The summed E-state index contributed by atoms with van der Waals surface area (Å²) in [7, 11) is 0. The zero-order valence-electron chi connectivity index (χ0n) is 9.74. The predicted octanol–water partition coefficient (Wildman–Crippen LogP) is 3.18. The number of nitrogens with two attached hydrogens (primary N) is 1. The van der Waals surface area contributed by atoms with Gasteiger partial charge in [-0.05, 0) is 42.8 Å². The van der Waals surface area contributed by atoms with Gasteiger partial charge in [0, 0.05) is 4.47 Å². The lowest BCUT2D eigenvalue weighted by molar-refractivity contribution is 0.828. The van der Waals surface area contributed by atoms with Gasteiger partial charge in [-0.3, -0.25) is 5.43 Å². The summed E-state index contributed by atoms with van der Waals surface area (Å²) in [6.45, 7) is 2.15. The molecule has 0 spiro atoms. The van der Waals surface area contributed by atoms with Crippen molar-refractivity contribution in [3.05, 3.63) is 34.3 Å². The Morgan fingerprint density at radius 3 is 2.88 bits per heavy atom. The Bertz CT molecular complexity index is 418. The van der Waals surface area contributed by atoms with Crippen LogP contribution < -0.4 is 11.2 Å². The summed E-state index contributed by atoms with van der Waals surface area (Å²) < 4.78 is 1.04. The third-order valence-corrected chi connectivity index (χ3v) is 2.81. The maximum absolute atomic E-state index is 5.38. The van der Waals surface area contributed by atoms with E-state index in [0.717, 1.165) is 35.0 Å². The highest BCUT2D eigenvalue weighted by atomic mass is 79.9. The fourth-order valence-electron chi connectivity index (χ4n) is 1.40. The van der Waals surface area contributed by atoms with Gasteiger partial charge < -0.3 is 5.73 Å². The zero-order valence-corrected chi connectivity index (χ0v) is 12.1. The van der Waals surface area contributed by atoms with E-state index in [4.69, 9.17) is 18.0 Å². The number of benzene rings is 1. The van der Waals surface area contributed by atoms with Gasteiger partial charge in [0.1, 0.15) is 0 Å². The van der Waals surface area contributed by atoms with Gasteiger partial charge in [-0.25, -0.2) is 0 Å². The van der Waals surface area contributed by atoms with Crippen molar-refractivity contribution in [2.75, 3.05) is 0 Å². The number of unbranched alkanes of at least 4 members (excludes halogenated alkanes) is 1. The summed E-state index contributed by atoms with van der Waals surface area (Å²) in [5, 5.41) is 4.44. The maximum Gasteiger partial charge on any atom is 0.184 e. The lowest BCUT2D eigenvalue weighted by Gasteiger charge is -2.07. The van der Waals surface area contributed by atoms with Crippen molar-refractivity contribution >= 4 is 39.0 Å². The standard InChI is InChI=1S/C12H16BrN3S/c1-2-3-7-11(15-16-12(14)17)9-5-4-6-10(13)8-9/h4-6,8H,2-3,7H2,1H3,(H3,14,16,17). The summed E-state index contributed by atoms with van der Waals surface area (Å²) in [5.74, 6) is 0. The summed E-state index contributed by atoms with van der Waals surface area (Å²) in [4.78, 5) is 0. The van der Waals surface area contributed by atoms with E-state index in [9.17, 15) is 0 Å². The first-order chi connectivity index (χ1) is 8.13. The molecule has 0 unspecified atom stereocenters. The minimum atomic E-state index is 0.189. The second-order valence-electron chi connectivity index (χ2n) is 3.65. The lowest BCUT2D eigenvalue weighted by Crippen LogP contribution is -2.25. The van der Waals surface area contributed by atoms with Crippen molar-refractivity contribution in [3.8, 4) is 0 Å². The number of hydrogen-bond donors (Lipinski definition) is 2. The molecule has 0 saturated carbocycles. The van der Waals surface area contributed by atoms with Gasteiger partial charge in [0.15, 0.2) is 5.11 Å². The minimum absolute atomic E-state index is 0.189. The van der Waals surface area contributed by atoms with Crippen LogP contribution in [0.2, 0.25) is 0 Å². The highest BCUT2D eigenvalue weighted by Crippen LogP contribution is 2.14. The van der Waals surface area contributed by atoms with Crippen molar-refractivity contribution in [1.29, 1.82) is 0 Å². The van der Waals surface area contributed by atoms with E-state index in [2.05, 4.69) is 33.4 Å². The van der Waals surface area contributed by atoms with Gasteiger partial charge in [0.25, 0.3) is 0 Å². The Morgan fingerprint density at radius 2 is 2.29 bits per heavy atom. The molecule has 1 rings (SSSR count). The molecule has 0 atom stereocenters. The van der Waals surface area contributed by atoms with E-state index in [0.29, 0.717) is 0 Å². The van der Waals surface area contributed by atoms with Crippen LogP contribution in [0.15, 0.2) is 33.8 Å². The molecule has 0 aliphatic rings. The van der Waals surface area contributed by atoms with Crippen LogP contribution in [0.25, 0.3) is 0 Å². The first-order valence-electron chi connectivity index (χ1n) is 5.51. The van der Waals surface area contributed by atoms with Crippen LogP contribution >= 0.6 is 28.1 Å². The average Bonchev–Trinajstić information content (AvgIpc) is 2.29. The SMILES string of the molecule is CCCCC(=NNC(N)=S)c1cccc(Br)c1. The third kappa shape index (κ3) is 5.28. The van der Waals surface area contributed by atoms with Crippen molar-refractivity contribution in [3.63, 3.8) is 0 Å². The van der Waals surface area contributed by atoms with E-state index >= 15 is 0 Å². The monoisotopic (exact) mass is 313 g/mol. The van der Waals surface area contributed by atoms with Crippen molar-refractivity contribution in [1.82, 2.24) is 5.43 Å². The Hall–Kier alpha value is -0.940. The molecule has 0 aromatic heterocycles. The molecule has 17 heavy (non-hydrogen) atoms. The molecule has 92 valence electrons. The molecule has 0 aliphatic carbocycles. The summed E-state index contributed by atoms with van der Waals surface area (Å²) >= 11 is 8.21. The molecule has 0 bridgehead atoms. The highest BCUT2D eigenvalue weighted by Gasteiger charge is 2.04. The molecule has 0 aliphatic heterocycles. The van der Waals surface area contributed by atoms with Gasteiger partial charge in [-0.1, -0.05) is 41.4 Å². The van der Waals surface area contributed by atoms with Gasteiger partial charge in [-0.2, -0.15) is 5.10 Å². The smallest absolute Gasteiger partial charge is 0.184 e. The molecule has 0 heterocycles. The van der Waals surface area contributed by atoms with Crippen LogP contribution in [-0.4, -0.2) is 10.8 Å². The maximum atomic E-state index is 5.38. The summed E-state index contributed by atoms with van der Waals surface area (Å²) in [6, 6.07) is 8.04. The van der Waals surface area contributed by atoms with Crippen LogP contribution in [0.4, 0.5) is 0 Å². The third-order valence-electron chi connectivity index (χ3n) is 2.23. The number of nitrogens with one attached hydrogen (secondary N) is 1. The molecule has 0 radical (unpaired) electrons. The van der Waals surface area contributed by atoms with Crippen LogP contribution in [0.5, 0.6) is 0 Å². The Balaban J connectivity index is 2.88. The van der Waals surface area contributed by atoms with Crippen molar-refractivity contribution < 1.29 is 0 Å². The van der Waals surface area contributed by atoms with Gasteiger partial charge >= 0.3 is 0 Å². The summed E-state index contributed by atoms with van der Waals surface area (Å²) in [6.07, 6.45) is 3.12. The number of halogens is 1. The Kier molecular flexibility index (Phi) is 6.15.